The summed E-state index contributed by atoms with van der Waals surface area (Å²) >= 11 is 5.90. The zero-order valence-electron chi connectivity index (χ0n) is 15.4. The number of rotatable bonds is 5. The molecule has 6 heteroatoms. The number of pyridine rings is 1. The fourth-order valence-electron chi connectivity index (χ4n) is 3.27. The quantitative estimate of drug-likeness (QED) is 0.673. The molecule has 142 valence electrons. The van der Waals surface area contributed by atoms with Gasteiger partial charge in [0.1, 0.15) is 0 Å². The Morgan fingerprint density at radius 1 is 1.14 bits per heavy atom. The molecule has 0 saturated heterocycles. The Morgan fingerprint density at radius 3 is 2.39 bits per heavy atom. The minimum absolute atomic E-state index is 0.0955. The van der Waals surface area contributed by atoms with Gasteiger partial charge >= 0.3 is 0 Å². The minimum Gasteiger partial charge on any atom is -0.481 e. The van der Waals surface area contributed by atoms with Gasteiger partial charge in [0.2, 0.25) is 5.88 Å². The third-order valence-corrected chi connectivity index (χ3v) is 5.33. The van der Waals surface area contributed by atoms with Crippen molar-refractivity contribution in [1.82, 2.24) is 10.3 Å². The number of carbonyl (C=O) groups excluding carboxylic acids is 1. The summed E-state index contributed by atoms with van der Waals surface area (Å²) in [6, 6.07) is 16.7. The van der Waals surface area contributed by atoms with Crippen LogP contribution in [0.4, 0.5) is 5.69 Å². The molecule has 1 aliphatic rings. The van der Waals surface area contributed by atoms with Crippen LogP contribution >= 0.6 is 11.6 Å². The van der Waals surface area contributed by atoms with Gasteiger partial charge in [-0.1, -0.05) is 35.9 Å². The Bertz CT molecular complexity index is 1010. The number of nitrogens with two attached hydrogens (primary N) is 1. The normalized spacial score (nSPS) is 14.4. The topological polar surface area (TPSA) is 77.2 Å². The smallest absolute Gasteiger partial charge is 0.251 e. The summed E-state index contributed by atoms with van der Waals surface area (Å²) in [6.07, 6.45) is 3.54. The van der Waals surface area contributed by atoms with Crippen molar-refractivity contribution in [2.45, 2.75) is 18.4 Å². The number of aromatic nitrogens is 1. The van der Waals surface area contributed by atoms with E-state index in [1.54, 1.807) is 43.6 Å². The van der Waals surface area contributed by atoms with Gasteiger partial charge in [-0.15, -0.1) is 0 Å². The van der Waals surface area contributed by atoms with Gasteiger partial charge in [-0.2, -0.15) is 0 Å². The third-order valence-electron chi connectivity index (χ3n) is 5.08. The molecule has 0 unspecified atom stereocenters. The van der Waals surface area contributed by atoms with Crippen LogP contribution in [0.25, 0.3) is 11.1 Å². The van der Waals surface area contributed by atoms with Crippen LogP contribution in [0.3, 0.4) is 0 Å². The zero-order chi connectivity index (χ0) is 19.7. The highest BCUT2D eigenvalue weighted by molar-refractivity contribution is 6.30. The number of benzene rings is 2. The lowest BCUT2D eigenvalue weighted by atomic mass is 9.99. The van der Waals surface area contributed by atoms with Gasteiger partial charge in [-0.3, -0.25) is 4.79 Å². The highest BCUT2D eigenvalue weighted by Crippen LogP contribution is 2.46. The van der Waals surface area contributed by atoms with Crippen molar-refractivity contribution < 1.29 is 9.53 Å². The van der Waals surface area contributed by atoms with Gasteiger partial charge in [0, 0.05) is 34.1 Å². The van der Waals surface area contributed by atoms with Crippen LogP contribution in [0, 0.1) is 0 Å². The first kappa shape index (κ1) is 18.3. The van der Waals surface area contributed by atoms with Gasteiger partial charge in [0.25, 0.3) is 5.91 Å². The number of methoxy groups -OCH3 is 1. The molecule has 1 heterocycles. The lowest BCUT2D eigenvalue weighted by molar-refractivity contribution is 0.0931. The molecule has 3 N–H and O–H groups in total. The van der Waals surface area contributed by atoms with Gasteiger partial charge in [0.15, 0.2) is 0 Å². The van der Waals surface area contributed by atoms with E-state index in [0.29, 0.717) is 22.2 Å². The van der Waals surface area contributed by atoms with Gasteiger partial charge in [0.05, 0.1) is 12.6 Å². The number of hydrogen-bond donors (Lipinski definition) is 2. The monoisotopic (exact) mass is 393 g/mol. The van der Waals surface area contributed by atoms with E-state index in [-0.39, 0.29) is 11.4 Å². The number of carbonyl (C=O) groups is 1. The average Bonchev–Trinajstić information content (AvgIpc) is 3.49. The van der Waals surface area contributed by atoms with E-state index >= 15 is 0 Å². The Labute approximate surface area is 168 Å². The van der Waals surface area contributed by atoms with Crippen molar-refractivity contribution in [2.24, 2.45) is 0 Å². The molecule has 0 spiro atoms. The second-order valence-corrected chi connectivity index (χ2v) is 7.37. The molecule has 28 heavy (non-hydrogen) atoms. The molecule has 1 amide bonds. The van der Waals surface area contributed by atoms with Crippen molar-refractivity contribution in [2.75, 3.05) is 12.8 Å². The first-order chi connectivity index (χ1) is 13.5. The predicted molar refractivity (Wildman–Crippen MR) is 110 cm³/mol. The average molecular weight is 394 g/mol. The maximum absolute atomic E-state index is 12.6. The molecule has 1 saturated carbocycles. The molecule has 4 rings (SSSR count). The highest BCUT2D eigenvalue weighted by Gasteiger charge is 2.45. The zero-order valence-corrected chi connectivity index (χ0v) is 16.2. The van der Waals surface area contributed by atoms with E-state index in [2.05, 4.69) is 10.3 Å². The summed E-state index contributed by atoms with van der Waals surface area (Å²) in [6.45, 7) is 0. The molecule has 3 aromatic rings. The number of nitrogens with zero attached hydrogens (tertiary/aromatic N) is 1. The van der Waals surface area contributed by atoms with E-state index in [9.17, 15) is 4.79 Å². The van der Waals surface area contributed by atoms with Crippen LogP contribution in [-0.2, 0) is 5.54 Å². The Hall–Kier alpha value is -3.05. The summed E-state index contributed by atoms with van der Waals surface area (Å²) in [7, 11) is 1.56. The van der Waals surface area contributed by atoms with E-state index < -0.39 is 0 Å². The molecule has 0 atom stereocenters. The second kappa shape index (κ2) is 7.17. The van der Waals surface area contributed by atoms with Crippen LogP contribution in [-0.4, -0.2) is 18.0 Å². The largest absolute Gasteiger partial charge is 0.481 e. The SMILES string of the molecule is COc1cc(N)c(-c2ccc(C3(NC(=O)c4ccc(Cl)cc4)CC3)cc2)cn1. The first-order valence-corrected chi connectivity index (χ1v) is 9.37. The summed E-state index contributed by atoms with van der Waals surface area (Å²) in [4.78, 5) is 16.8. The Balaban J connectivity index is 1.53. The van der Waals surface area contributed by atoms with Crippen LogP contribution in [0.1, 0.15) is 28.8 Å². The fourth-order valence-corrected chi connectivity index (χ4v) is 3.40. The molecule has 1 aliphatic carbocycles. The van der Waals surface area contributed by atoms with Gasteiger partial charge in [-0.25, -0.2) is 4.98 Å². The van der Waals surface area contributed by atoms with Crippen molar-refractivity contribution in [1.29, 1.82) is 0 Å². The Kier molecular flexibility index (Phi) is 4.69. The van der Waals surface area contributed by atoms with Crippen molar-refractivity contribution in [3.63, 3.8) is 0 Å². The van der Waals surface area contributed by atoms with Crippen molar-refractivity contribution in [3.05, 3.63) is 76.9 Å². The molecule has 0 aliphatic heterocycles. The summed E-state index contributed by atoms with van der Waals surface area (Å²) < 4.78 is 5.10. The van der Waals surface area contributed by atoms with Gasteiger partial charge < -0.3 is 15.8 Å². The standard InChI is InChI=1S/C22H20ClN3O2/c1-28-20-12-19(24)18(13-25-20)14-2-6-16(7-3-14)22(10-11-22)26-21(27)15-4-8-17(23)9-5-15/h2-9,12-13H,10-11H2,1H3,(H2,24,25)(H,26,27). The van der Waals surface area contributed by atoms with Crippen LogP contribution < -0.4 is 15.8 Å². The van der Waals surface area contributed by atoms with Crippen molar-refractivity contribution >= 4 is 23.2 Å². The van der Waals surface area contributed by atoms with E-state index in [1.165, 1.54) is 0 Å². The highest BCUT2D eigenvalue weighted by atomic mass is 35.5. The summed E-state index contributed by atoms with van der Waals surface area (Å²) in [5, 5.41) is 3.78. The molecular formula is C22H20ClN3O2. The van der Waals surface area contributed by atoms with Crippen LogP contribution in [0.15, 0.2) is 60.8 Å². The Morgan fingerprint density at radius 2 is 1.82 bits per heavy atom. The van der Waals surface area contributed by atoms with Crippen molar-refractivity contribution in [3.8, 4) is 17.0 Å². The predicted octanol–water partition coefficient (Wildman–Crippen LogP) is 4.41. The summed E-state index contributed by atoms with van der Waals surface area (Å²) in [5.41, 5.74) is 9.92. The number of nitrogen functional groups attached to an aromatic ring is 1. The molecular weight excluding hydrogens is 374 g/mol. The third kappa shape index (κ3) is 3.53. The second-order valence-electron chi connectivity index (χ2n) is 6.93. The molecule has 1 fully saturated rings. The molecule has 5 nitrogen and oxygen atoms in total. The summed E-state index contributed by atoms with van der Waals surface area (Å²) in [5.74, 6) is 0.390. The molecule has 0 bridgehead atoms. The van der Waals surface area contributed by atoms with E-state index in [1.807, 2.05) is 24.3 Å². The lowest BCUT2D eigenvalue weighted by Crippen LogP contribution is -2.34. The number of hydrogen-bond acceptors (Lipinski definition) is 4. The molecule has 1 aromatic heterocycles. The minimum atomic E-state index is -0.307. The molecule has 2 aromatic carbocycles. The maximum Gasteiger partial charge on any atom is 0.251 e. The number of halogens is 1. The number of nitrogens with one attached hydrogen (secondary N) is 1. The number of anilines is 1. The van der Waals surface area contributed by atoms with Gasteiger partial charge in [-0.05, 0) is 48.2 Å². The van der Waals surface area contributed by atoms with E-state index in [0.717, 1.165) is 29.5 Å². The number of amides is 1. The van der Waals surface area contributed by atoms with E-state index in [4.69, 9.17) is 22.1 Å². The molecule has 0 radical (unpaired) electrons. The van der Waals surface area contributed by atoms with Crippen LogP contribution in [0.5, 0.6) is 5.88 Å². The first-order valence-electron chi connectivity index (χ1n) is 8.99. The number of ether oxygens (including phenoxy) is 1. The fraction of sp³-hybridized carbons (Fsp3) is 0.182. The van der Waals surface area contributed by atoms with Crippen LogP contribution in [0.2, 0.25) is 5.02 Å². The maximum atomic E-state index is 12.6. The lowest BCUT2D eigenvalue weighted by Gasteiger charge is -2.19.